The zero-order valence-electron chi connectivity index (χ0n) is 12.3. The van der Waals surface area contributed by atoms with Crippen molar-refractivity contribution in [3.05, 3.63) is 0 Å². The summed E-state index contributed by atoms with van der Waals surface area (Å²) in [5.41, 5.74) is 0.258. The fourth-order valence-corrected chi connectivity index (χ4v) is 3.92. The number of esters is 1. The van der Waals surface area contributed by atoms with Crippen molar-refractivity contribution in [3.63, 3.8) is 0 Å². The first-order valence-corrected chi connectivity index (χ1v) is 7.94. The minimum atomic E-state index is -0.169. The topological polar surface area (TPSA) is 38.3 Å². The molecule has 0 amide bonds. The van der Waals surface area contributed by atoms with E-state index in [4.69, 9.17) is 4.74 Å². The Morgan fingerprint density at radius 1 is 1.50 bits per heavy atom. The summed E-state index contributed by atoms with van der Waals surface area (Å²) in [6.07, 6.45) is 2.04. The number of hydrogen-bond donors (Lipinski definition) is 1. The molecule has 2 atom stereocenters. The Balaban J connectivity index is 2.66. The second-order valence-electron chi connectivity index (χ2n) is 6.24. The van der Waals surface area contributed by atoms with Gasteiger partial charge < -0.3 is 10.1 Å². The zero-order chi connectivity index (χ0) is 13.8. The van der Waals surface area contributed by atoms with Crippen molar-refractivity contribution in [1.82, 2.24) is 5.32 Å². The largest absolute Gasteiger partial charge is 0.468 e. The normalized spacial score (nSPS) is 24.9. The van der Waals surface area contributed by atoms with Crippen molar-refractivity contribution in [1.29, 1.82) is 0 Å². The molecule has 0 saturated carbocycles. The van der Waals surface area contributed by atoms with E-state index in [-0.39, 0.29) is 17.4 Å². The van der Waals surface area contributed by atoms with Crippen LogP contribution in [-0.4, -0.2) is 36.7 Å². The molecule has 1 saturated heterocycles. The molecule has 106 valence electrons. The number of thioether (sulfide) groups is 1. The summed E-state index contributed by atoms with van der Waals surface area (Å²) in [6.45, 7) is 8.85. The molecule has 1 heterocycles. The van der Waals surface area contributed by atoms with Crippen molar-refractivity contribution in [3.8, 4) is 0 Å². The molecular weight excluding hydrogens is 246 g/mol. The Hall–Kier alpha value is -0.220. The maximum Gasteiger partial charge on any atom is 0.322 e. The maximum absolute atomic E-state index is 11.8. The summed E-state index contributed by atoms with van der Waals surface area (Å²) in [7, 11) is 1.47. The minimum Gasteiger partial charge on any atom is -0.468 e. The van der Waals surface area contributed by atoms with Gasteiger partial charge in [-0.3, -0.25) is 4.79 Å². The molecule has 1 aliphatic heterocycles. The smallest absolute Gasteiger partial charge is 0.322 e. The van der Waals surface area contributed by atoms with Crippen LogP contribution in [-0.2, 0) is 9.53 Å². The molecule has 0 bridgehead atoms. The molecule has 3 nitrogen and oxygen atoms in total. The Morgan fingerprint density at radius 2 is 2.17 bits per heavy atom. The van der Waals surface area contributed by atoms with Gasteiger partial charge in [-0.25, -0.2) is 0 Å². The number of ether oxygens (including phenoxy) is 1. The summed E-state index contributed by atoms with van der Waals surface area (Å²) < 4.78 is 4.91. The van der Waals surface area contributed by atoms with Crippen molar-refractivity contribution >= 4 is 17.7 Å². The van der Waals surface area contributed by atoms with Crippen LogP contribution in [0.3, 0.4) is 0 Å². The number of carbonyl (C=O) groups excluding carboxylic acids is 1. The van der Waals surface area contributed by atoms with Crippen LogP contribution in [0.5, 0.6) is 0 Å². The van der Waals surface area contributed by atoms with Gasteiger partial charge >= 0.3 is 5.97 Å². The van der Waals surface area contributed by atoms with Gasteiger partial charge in [0.25, 0.3) is 0 Å². The quantitative estimate of drug-likeness (QED) is 0.782. The van der Waals surface area contributed by atoms with Crippen LogP contribution in [0.1, 0.15) is 40.5 Å². The molecule has 0 aliphatic carbocycles. The molecule has 2 unspecified atom stereocenters. The zero-order valence-corrected chi connectivity index (χ0v) is 13.1. The number of carbonyl (C=O) groups is 1. The van der Waals surface area contributed by atoms with E-state index in [1.54, 1.807) is 0 Å². The van der Waals surface area contributed by atoms with Crippen molar-refractivity contribution < 1.29 is 9.53 Å². The average Bonchev–Trinajstić information content (AvgIpc) is 2.29. The summed E-state index contributed by atoms with van der Waals surface area (Å²) in [5, 5.41) is 3.53. The van der Waals surface area contributed by atoms with Crippen LogP contribution in [0.2, 0.25) is 0 Å². The van der Waals surface area contributed by atoms with Crippen LogP contribution in [0.15, 0.2) is 0 Å². The molecule has 1 fully saturated rings. The van der Waals surface area contributed by atoms with Crippen molar-refractivity contribution in [2.75, 3.05) is 18.6 Å². The van der Waals surface area contributed by atoms with Crippen LogP contribution < -0.4 is 5.32 Å². The Morgan fingerprint density at radius 3 is 2.67 bits per heavy atom. The van der Waals surface area contributed by atoms with Crippen LogP contribution >= 0.6 is 11.8 Å². The van der Waals surface area contributed by atoms with Gasteiger partial charge in [-0.1, -0.05) is 27.7 Å². The Labute approximate surface area is 115 Å². The standard InChI is InChI=1S/C14H27NO2S/c1-10(2)8-11(13(16)17-5)15-12-9-18-7-6-14(12,3)4/h10-12,15H,6-9H2,1-5H3. The Kier molecular flexibility index (Phi) is 5.99. The molecular formula is C14H27NO2S. The third kappa shape index (κ3) is 4.47. The van der Waals surface area contributed by atoms with E-state index < -0.39 is 0 Å². The highest BCUT2D eigenvalue weighted by molar-refractivity contribution is 7.99. The number of hydrogen-bond acceptors (Lipinski definition) is 4. The molecule has 0 aromatic carbocycles. The van der Waals surface area contributed by atoms with Crippen molar-refractivity contribution in [2.45, 2.75) is 52.6 Å². The van der Waals surface area contributed by atoms with E-state index in [2.05, 4.69) is 33.0 Å². The van der Waals surface area contributed by atoms with E-state index in [1.165, 1.54) is 19.3 Å². The van der Waals surface area contributed by atoms with E-state index in [0.29, 0.717) is 12.0 Å². The summed E-state index contributed by atoms with van der Waals surface area (Å²) in [4.78, 5) is 11.8. The second kappa shape index (κ2) is 6.80. The predicted octanol–water partition coefficient (Wildman–Crippen LogP) is 2.70. The molecule has 0 spiro atoms. The predicted molar refractivity (Wildman–Crippen MR) is 77.9 cm³/mol. The molecule has 1 aliphatic rings. The molecule has 1 rings (SSSR count). The first-order valence-electron chi connectivity index (χ1n) is 6.78. The van der Waals surface area contributed by atoms with E-state index in [1.807, 2.05) is 11.8 Å². The van der Waals surface area contributed by atoms with Crippen LogP contribution in [0.4, 0.5) is 0 Å². The Bertz CT molecular complexity index is 279. The molecule has 0 radical (unpaired) electrons. The highest BCUT2D eigenvalue weighted by Gasteiger charge is 2.35. The first-order chi connectivity index (χ1) is 8.36. The number of nitrogens with one attached hydrogen (secondary N) is 1. The van der Waals surface area contributed by atoms with Gasteiger partial charge in [0.15, 0.2) is 0 Å². The molecule has 0 aromatic heterocycles. The second-order valence-corrected chi connectivity index (χ2v) is 7.39. The van der Waals surface area contributed by atoms with Gasteiger partial charge in [0.2, 0.25) is 0 Å². The third-order valence-corrected chi connectivity index (χ3v) is 4.78. The van der Waals surface area contributed by atoms with Gasteiger partial charge in [0.1, 0.15) is 6.04 Å². The van der Waals surface area contributed by atoms with Crippen LogP contribution in [0.25, 0.3) is 0 Å². The summed E-state index contributed by atoms with van der Waals surface area (Å²) >= 11 is 1.97. The lowest BCUT2D eigenvalue weighted by Gasteiger charge is -2.40. The van der Waals surface area contributed by atoms with Gasteiger partial charge in [0.05, 0.1) is 7.11 Å². The number of rotatable bonds is 5. The minimum absolute atomic E-state index is 0.130. The van der Waals surface area contributed by atoms with E-state index in [9.17, 15) is 4.79 Å². The van der Waals surface area contributed by atoms with Gasteiger partial charge in [-0.15, -0.1) is 0 Å². The molecule has 1 N–H and O–H groups in total. The fraction of sp³-hybridized carbons (Fsp3) is 0.929. The third-order valence-electron chi connectivity index (χ3n) is 3.71. The van der Waals surface area contributed by atoms with E-state index in [0.717, 1.165) is 12.2 Å². The van der Waals surface area contributed by atoms with E-state index >= 15 is 0 Å². The fourth-order valence-electron chi connectivity index (χ4n) is 2.30. The van der Waals surface area contributed by atoms with Gasteiger partial charge in [0, 0.05) is 11.8 Å². The number of methoxy groups -OCH3 is 1. The first kappa shape index (κ1) is 15.8. The molecule has 4 heteroatoms. The van der Waals surface area contributed by atoms with Gasteiger partial charge in [-0.05, 0) is 29.9 Å². The highest BCUT2D eigenvalue weighted by atomic mass is 32.2. The lowest BCUT2D eigenvalue weighted by atomic mass is 9.81. The SMILES string of the molecule is COC(=O)C(CC(C)C)NC1CSCCC1(C)C. The lowest BCUT2D eigenvalue weighted by Crippen LogP contribution is -2.53. The molecule has 0 aromatic rings. The molecule has 18 heavy (non-hydrogen) atoms. The van der Waals surface area contributed by atoms with Crippen molar-refractivity contribution in [2.24, 2.45) is 11.3 Å². The maximum atomic E-state index is 11.8. The monoisotopic (exact) mass is 273 g/mol. The lowest BCUT2D eigenvalue weighted by molar-refractivity contribution is -0.144. The summed E-state index contributed by atoms with van der Waals surface area (Å²) in [5.74, 6) is 2.66. The van der Waals surface area contributed by atoms with Gasteiger partial charge in [-0.2, -0.15) is 11.8 Å². The average molecular weight is 273 g/mol. The summed E-state index contributed by atoms with van der Waals surface area (Å²) in [6, 6.07) is 0.220. The highest BCUT2D eigenvalue weighted by Crippen LogP contribution is 2.34. The van der Waals surface area contributed by atoms with Crippen LogP contribution in [0, 0.1) is 11.3 Å².